The van der Waals surface area contributed by atoms with Gasteiger partial charge in [0.1, 0.15) is 5.82 Å². The van der Waals surface area contributed by atoms with Crippen molar-refractivity contribution in [1.82, 2.24) is 25.2 Å². The van der Waals surface area contributed by atoms with Crippen LogP contribution in [0.5, 0.6) is 0 Å². The number of alkyl halides is 3. The van der Waals surface area contributed by atoms with Gasteiger partial charge in [0, 0.05) is 54.7 Å². The van der Waals surface area contributed by atoms with E-state index in [1.54, 1.807) is 26.2 Å². The maximum absolute atomic E-state index is 13.9. The van der Waals surface area contributed by atoms with Crippen molar-refractivity contribution in [2.24, 2.45) is 0 Å². The van der Waals surface area contributed by atoms with Crippen LogP contribution < -0.4 is 5.32 Å². The SMILES string of the molecule is Cc1ncc(C(CNC(=O)c2cc(C)c3[nH]ccc3c2C(F)(F)F)N2CCOCC2)cn1. The quantitative estimate of drug-likeness (QED) is 0.627. The normalized spacial score (nSPS) is 16.3. The van der Waals surface area contributed by atoms with Crippen LogP contribution in [0.25, 0.3) is 10.9 Å². The minimum atomic E-state index is -4.67. The fraction of sp³-hybridized carbons (Fsp3) is 0.409. The third-order valence-corrected chi connectivity index (χ3v) is 5.70. The molecule has 1 saturated heterocycles. The molecule has 170 valence electrons. The van der Waals surface area contributed by atoms with Crippen LogP contribution in [-0.4, -0.2) is 58.6 Å². The first-order chi connectivity index (χ1) is 15.3. The molecule has 3 aromatic rings. The van der Waals surface area contributed by atoms with Crippen LogP contribution >= 0.6 is 0 Å². The average molecular weight is 447 g/mol. The molecular formula is C22H24F3N5O2. The molecule has 32 heavy (non-hydrogen) atoms. The largest absolute Gasteiger partial charge is 0.417 e. The van der Waals surface area contributed by atoms with Gasteiger partial charge in [0.25, 0.3) is 5.91 Å². The number of halogens is 3. The van der Waals surface area contributed by atoms with E-state index >= 15 is 0 Å². The minimum absolute atomic E-state index is 0.0145. The summed E-state index contributed by atoms with van der Waals surface area (Å²) in [5, 5.41) is 2.70. The summed E-state index contributed by atoms with van der Waals surface area (Å²) >= 11 is 0. The zero-order chi connectivity index (χ0) is 22.9. The number of ether oxygens (including phenoxy) is 1. The summed E-state index contributed by atoms with van der Waals surface area (Å²) in [6, 6.07) is 2.35. The number of nitrogens with one attached hydrogen (secondary N) is 2. The third kappa shape index (κ3) is 4.46. The zero-order valence-electron chi connectivity index (χ0n) is 17.8. The number of hydrogen-bond donors (Lipinski definition) is 2. The lowest BCUT2D eigenvalue weighted by Gasteiger charge is -2.34. The summed E-state index contributed by atoms with van der Waals surface area (Å²) in [6.07, 6.45) is 0.146. The molecule has 7 nitrogen and oxygen atoms in total. The number of H-pyrrole nitrogens is 1. The number of rotatable bonds is 5. The molecule has 2 aromatic heterocycles. The van der Waals surface area contributed by atoms with Crippen molar-refractivity contribution in [3.8, 4) is 0 Å². The number of aromatic nitrogens is 3. The third-order valence-electron chi connectivity index (χ3n) is 5.70. The predicted molar refractivity (Wildman–Crippen MR) is 112 cm³/mol. The molecule has 1 aliphatic rings. The van der Waals surface area contributed by atoms with Gasteiger partial charge in [0.2, 0.25) is 0 Å². The van der Waals surface area contributed by atoms with Gasteiger partial charge in [-0.25, -0.2) is 9.97 Å². The van der Waals surface area contributed by atoms with Crippen molar-refractivity contribution < 1.29 is 22.7 Å². The maximum Gasteiger partial charge on any atom is 0.417 e. The van der Waals surface area contributed by atoms with E-state index in [1.165, 1.54) is 18.3 Å². The number of amides is 1. The predicted octanol–water partition coefficient (Wildman–Crippen LogP) is 3.40. The van der Waals surface area contributed by atoms with Gasteiger partial charge in [-0.05, 0) is 31.5 Å². The van der Waals surface area contributed by atoms with Crippen molar-refractivity contribution in [2.75, 3.05) is 32.8 Å². The summed E-state index contributed by atoms with van der Waals surface area (Å²) < 4.78 is 47.1. The lowest BCUT2D eigenvalue weighted by atomic mass is 9.98. The molecule has 1 atom stereocenters. The van der Waals surface area contributed by atoms with Crippen LogP contribution in [0.4, 0.5) is 13.2 Å². The van der Waals surface area contributed by atoms with Gasteiger partial charge < -0.3 is 15.0 Å². The van der Waals surface area contributed by atoms with Crippen LogP contribution in [0.3, 0.4) is 0 Å². The summed E-state index contributed by atoms with van der Waals surface area (Å²) in [5.41, 5.74) is 0.407. The molecule has 0 spiro atoms. The van der Waals surface area contributed by atoms with Gasteiger partial charge in [-0.1, -0.05) is 0 Å². The summed E-state index contributed by atoms with van der Waals surface area (Å²) in [5.74, 6) is -0.154. The van der Waals surface area contributed by atoms with Gasteiger partial charge in [0.15, 0.2) is 0 Å². The van der Waals surface area contributed by atoms with E-state index in [9.17, 15) is 18.0 Å². The number of carbonyl (C=O) groups is 1. The molecule has 1 unspecified atom stereocenters. The Morgan fingerprint density at radius 3 is 2.59 bits per heavy atom. The number of morpholine rings is 1. The molecule has 10 heteroatoms. The number of aromatic amines is 1. The highest BCUT2D eigenvalue weighted by Crippen LogP contribution is 2.38. The topological polar surface area (TPSA) is 83.1 Å². The van der Waals surface area contributed by atoms with Crippen LogP contribution in [0.1, 0.15) is 38.9 Å². The molecule has 0 radical (unpaired) electrons. The molecule has 0 saturated carbocycles. The van der Waals surface area contributed by atoms with Gasteiger partial charge in [-0.3, -0.25) is 9.69 Å². The van der Waals surface area contributed by atoms with E-state index in [-0.39, 0.29) is 23.5 Å². The molecule has 1 aliphatic heterocycles. The molecule has 3 heterocycles. The van der Waals surface area contributed by atoms with Crippen molar-refractivity contribution in [3.63, 3.8) is 0 Å². The number of nitrogens with zero attached hydrogens (tertiary/aromatic N) is 3. The molecule has 4 rings (SSSR count). The van der Waals surface area contributed by atoms with Crippen LogP contribution in [-0.2, 0) is 10.9 Å². The minimum Gasteiger partial charge on any atom is -0.379 e. The standard InChI is InChI=1S/C22H24F3N5O2/c1-13-9-17(19(22(23,24)25)16-3-4-26-20(13)16)21(31)29-12-18(30-5-7-32-8-6-30)15-10-27-14(2)28-11-15/h3-4,9-11,18,26H,5-8,12H2,1-2H3,(H,29,31). The Hall–Kier alpha value is -2.98. The Labute approximate surface area is 183 Å². The van der Waals surface area contributed by atoms with E-state index < -0.39 is 17.6 Å². The molecule has 0 aliphatic carbocycles. The lowest BCUT2D eigenvalue weighted by molar-refractivity contribution is -0.136. The van der Waals surface area contributed by atoms with Gasteiger partial charge in [-0.15, -0.1) is 0 Å². The molecule has 1 fully saturated rings. The maximum atomic E-state index is 13.9. The number of carbonyl (C=O) groups excluding carboxylic acids is 1. The summed E-state index contributed by atoms with van der Waals surface area (Å²) in [7, 11) is 0. The Kier molecular flexibility index (Phi) is 6.16. The van der Waals surface area contributed by atoms with Crippen molar-refractivity contribution in [3.05, 3.63) is 58.8 Å². The van der Waals surface area contributed by atoms with E-state index in [2.05, 4.69) is 25.2 Å². The van der Waals surface area contributed by atoms with Crippen LogP contribution in [0.15, 0.2) is 30.7 Å². The highest BCUT2D eigenvalue weighted by atomic mass is 19.4. The van der Waals surface area contributed by atoms with Crippen LogP contribution in [0, 0.1) is 13.8 Å². The first kappa shape index (κ1) is 22.2. The number of benzene rings is 1. The Morgan fingerprint density at radius 1 is 1.25 bits per heavy atom. The van der Waals surface area contributed by atoms with E-state index in [4.69, 9.17) is 4.74 Å². The highest BCUT2D eigenvalue weighted by molar-refractivity contribution is 6.02. The summed E-state index contributed by atoms with van der Waals surface area (Å²) in [6.45, 7) is 5.92. The average Bonchev–Trinajstić information content (AvgIpc) is 3.25. The van der Waals surface area contributed by atoms with E-state index in [0.717, 1.165) is 5.56 Å². The smallest absolute Gasteiger partial charge is 0.379 e. The fourth-order valence-corrected chi connectivity index (χ4v) is 4.10. The van der Waals surface area contributed by atoms with E-state index in [1.807, 2.05) is 0 Å². The molecule has 2 N–H and O–H groups in total. The first-order valence-corrected chi connectivity index (χ1v) is 10.3. The molecular weight excluding hydrogens is 423 g/mol. The van der Waals surface area contributed by atoms with Gasteiger partial charge in [0.05, 0.1) is 30.4 Å². The first-order valence-electron chi connectivity index (χ1n) is 10.3. The van der Waals surface area contributed by atoms with Crippen molar-refractivity contribution in [2.45, 2.75) is 26.1 Å². The number of aryl methyl sites for hydroxylation is 2. The monoisotopic (exact) mass is 447 g/mol. The van der Waals surface area contributed by atoms with Crippen LogP contribution in [0.2, 0.25) is 0 Å². The molecule has 1 aromatic carbocycles. The molecule has 0 bridgehead atoms. The zero-order valence-corrected chi connectivity index (χ0v) is 17.8. The Bertz CT molecular complexity index is 1110. The fourth-order valence-electron chi connectivity index (χ4n) is 4.10. The molecule has 1 amide bonds. The van der Waals surface area contributed by atoms with Gasteiger partial charge >= 0.3 is 6.18 Å². The highest BCUT2D eigenvalue weighted by Gasteiger charge is 2.38. The van der Waals surface area contributed by atoms with E-state index in [0.29, 0.717) is 43.2 Å². The number of hydrogen-bond acceptors (Lipinski definition) is 5. The Morgan fingerprint density at radius 2 is 1.94 bits per heavy atom. The van der Waals surface area contributed by atoms with Gasteiger partial charge in [-0.2, -0.15) is 13.2 Å². The Balaban J connectivity index is 1.63. The second kappa shape index (κ2) is 8.87. The van der Waals surface area contributed by atoms with Crippen molar-refractivity contribution >= 4 is 16.8 Å². The van der Waals surface area contributed by atoms with Crippen molar-refractivity contribution in [1.29, 1.82) is 0 Å². The second-order valence-corrected chi connectivity index (χ2v) is 7.82. The second-order valence-electron chi connectivity index (χ2n) is 7.82. The lowest BCUT2D eigenvalue weighted by Crippen LogP contribution is -2.44. The summed E-state index contributed by atoms with van der Waals surface area (Å²) in [4.78, 5) is 26.4. The number of fused-ring (bicyclic) bond motifs is 1.